The van der Waals surface area contributed by atoms with Crippen molar-refractivity contribution in [1.82, 2.24) is 0 Å². The first kappa shape index (κ1) is 13.5. The Labute approximate surface area is 114 Å². The minimum absolute atomic E-state index is 0.0303. The van der Waals surface area contributed by atoms with E-state index in [1.807, 2.05) is 0 Å². The monoisotopic (exact) mass is 315 g/mol. The van der Waals surface area contributed by atoms with E-state index in [0.29, 0.717) is 11.1 Å². The average Bonchev–Trinajstić information content (AvgIpc) is 2.34. The third-order valence-electron chi connectivity index (χ3n) is 2.89. The highest BCUT2D eigenvalue weighted by Crippen LogP contribution is 2.21. The van der Waals surface area contributed by atoms with Crippen molar-refractivity contribution in [1.29, 1.82) is 0 Å². The maximum absolute atomic E-state index is 13.5. The summed E-state index contributed by atoms with van der Waals surface area (Å²) in [6.07, 6.45) is 3.30. The van der Waals surface area contributed by atoms with Gasteiger partial charge in [-0.15, -0.1) is 0 Å². The Morgan fingerprint density at radius 1 is 1.50 bits per heavy atom. The van der Waals surface area contributed by atoms with Crippen LogP contribution in [0, 0.1) is 5.82 Å². The van der Waals surface area contributed by atoms with Crippen molar-refractivity contribution in [2.75, 3.05) is 11.9 Å². The van der Waals surface area contributed by atoms with Gasteiger partial charge in [-0.3, -0.25) is 4.79 Å². The third kappa shape index (κ3) is 3.78. The van der Waals surface area contributed by atoms with Crippen LogP contribution in [0.3, 0.4) is 0 Å². The number of carbonyl (C=O) groups is 1. The normalized spacial score (nSPS) is 19.6. The quantitative estimate of drug-likeness (QED) is 0.927. The fraction of sp³-hybridized carbons (Fsp3) is 0.462. The summed E-state index contributed by atoms with van der Waals surface area (Å²) in [7, 11) is 0. The molecule has 1 heterocycles. The summed E-state index contributed by atoms with van der Waals surface area (Å²) in [5.74, 6) is -0.648. The minimum Gasteiger partial charge on any atom is -0.378 e. The van der Waals surface area contributed by atoms with E-state index in [-0.39, 0.29) is 24.1 Å². The number of carbonyl (C=O) groups excluding carboxylic acids is 1. The van der Waals surface area contributed by atoms with Gasteiger partial charge in [0.1, 0.15) is 5.82 Å². The predicted molar refractivity (Wildman–Crippen MR) is 70.9 cm³/mol. The lowest BCUT2D eigenvalue weighted by Crippen LogP contribution is -2.25. The van der Waals surface area contributed by atoms with Crippen LogP contribution in [0.2, 0.25) is 0 Å². The summed E-state index contributed by atoms with van der Waals surface area (Å²) in [6, 6.07) is 4.56. The Bertz CT molecular complexity index is 433. The number of halogens is 2. The Hall–Kier alpha value is -0.940. The highest BCUT2D eigenvalue weighted by Gasteiger charge is 2.18. The van der Waals surface area contributed by atoms with Gasteiger partial charge >= 0.3 is 0 Å². The predicted octanol–water partition coefficient (Wildman–Crippen LogP) is 3.49. The molecule has 18 heavy (non-hydrogen) atoms. The van der Waals surface area contributed by atoms with Gasteiger partial charge in [-0.1, -0.05) is 15.9 Å². The van der Waals surface area contributed by atoms with Gasteiger partial charge in [0.05, 0.1) is 18.2 Å². The van der Waals surface area contributed by atoms with E-state index in [4.69, 9.17) is 4.74 Å². The number of hydrogen-bond acceptors (Lipinski definition) is 2. The number of hydrogen-bond donors (Lipinski definition) is 1. The second kappa shape index (κ2) is 6.29. The SMILES string of the molecule is O=C(CC1CCCCO1)Nc1ccc(Br)cc1F. The molecule has 5 heteroatoms. The van der Waals surface area contributed by atoms with Gasteiger partial charge in [-0.2, -0.15) is 0 Å². The van der Waals surface area contributed by atoms with Gasteiger partial charge in [0.25, 0.3) is 0 Å². The highest BCUT2D eigenvalue weighted by atomic mass is 79.9. The summed E-state index contributed by atoms with van der Waals surface area (Å²) in [6.45, 7) is 0.713. The number of rotatable bonds is 3. The van der Waals surface area contributed by atoms with Gasteiger partial charge in [-0.05, 0) is 37.5 Å². The summed E-state index contributed by atoms with van der Waals surface area (Å²) in [5.41, 5.74) is 0.207. The van der Waals surface area contributed by atoms with Crippen LogP contribution in [0.5, 0.6) is 0 Å². The zero-order valence-electron chi connectivity index (χ0n) is 9.92. The topological polar surface area (TPSA) is 38.3 Å². The molecule has 1 unspecified atom stereocenters. The smallest absolute Gasteiger partial charge is 0.227 e. The molecule has 98 valence electrons. The van der Waals surface area contributed by atoms with Crippen molar-refractivity contribution in [2.24, 2.45) is 0 Å². The molecule has 1 aliphatic rings. The molecule has 0 bridgehead atoms. The molecular formula is C13H15BrFNO2. The van der Waals surface area contributed by atoms with Gasteiger partial charge in [-0.25, -0.2) is 4.39 Å². The molecule has 0 aromatic heterocycles. The molecule has 1 amide bonds. The van der Waals surface area contributed by atoms with Crippen LogP contribution in [0.4, 0.5) is 10.1 Å². The maximum atomic E-state index is 13.5. The van der Waals surface area contributed by atoms with Crippen LogP contribution in [0.15, 0.2) is 22.7 Å². The molecule has 1 atom stereocenters. The Morgan fingerprint density at radius 3 is 3.00 bits per heavy atom. The summed E-state index contributed by atoms with van der Waals surface area (Å²) >= 11 is 3.17. The number of anilines is 1. The number of ether oxygens (including phenoxy) is 1. The van der Waals surface area contributed by atoms with E-state index in [2.05, 4.69) is 21.2 Å². The first-order valence-corrected chi connectivity index (χ1v) is 6.81. The molecule has 3 nitrogen and oxygen atoms in total. The van der Waals surface area contributed by atoms with E-state index < -0.39 is 5.82 Å². The lowest BCUT2D eigenvalue weighted by Gasteiger charge is -2.21. The standard InChI is InChI=1S/C13H15BrFNO2/c14-9-4-5-12(11(15)7-9)16-13(17)8-10-3-1-2-6-18-10/h4-5,7,10H,1-3,6,8H2,(H,16,17). The molecule has 1 fully saturated rings. The molecule has 1 aromatic carbocycles. The largest absolute Gasteiger partial charge is 0.378 e. The fourth-order valence-electron chi connectivity index (χ4n) is 1.97. The van der Waals surface area contributed by atoms with Crippen molar-refractivity contribution in [3.8, 4) is 0 Å². The zero-order valence-corrected chi connectivity index (χ0v) is 11.5. The second-order valence-corrected chi connectivity index (χ2v) is 5.28. The van der Waals surface area contributed by atoms with Crippen molar-refractivity contribution < 1.29 is 13.9 Å². The molecule has 0 aliphatic carbocycles. The molecule has 2 rings (SSSR count). The van der Waals surface area contributed by atoms with E-state index in [0.717, 1.165) is 19.3 Å². The molecule has 1 aromatic rings. The van der Waals surface area contributed by atoms with Crippen LogP contribution in [0.1, 0.15) is 25.7 Å². The van der Waals surface area contributed by atoms with E-state index in [9.17, 15) is 9.18 Å². The van der Waals surface area contributed by atoms with E-state index in [1.54, 1.807) is 12.1 Å². The minimum atomic E-state index is -0.442. The number of amides is 1. The van der Waals surface area contributed by atoms with Crippen LogP contribution in [-0.4, -0.2) is 18.6 Å². The Balaban J connectivity index is 1.90. The van der Waals surface area contributed by atoms with Crippen molar-refractivity contribution in [3.63, 3.8) is 0 Å². The summed E-state index contributed by atoms with van der Waals surface area (Å²) in [5, 5.41) is 2.57. The van der Waals surface area contributed by atoms with Crippen LogP contribution in [0.25, 0.3) is 0 Å². The average molecular weight is 316 g/mol. The van der Waals surface area contributed by atoms with E-state index >= 15 is 0 Å². The molecule has 0 radical (unpaired) electrons. The highest BCUT2D eigenvalue weighted by molar-refractivity contribution is 9.10. The van der Waals surface area contributed by atoms with Gasteiger partial charge in [0, 0.05) is 11.1 Å². The number of benzene rings is 1. The Kier molecular flexibility index (Phi) is 4.72. The van der Waals surface area contributed by atoms with Crippen molar-refractivity contribution in [3.05, 3.63) is 28.5 Å². The molecule has 0 spiro atoms. The van der Waals surface area contributed by atoms with Crippen LogP contribution in [-0.2, 0) is 9.53 Å². The molecule has 1 saturated heterocycles. The van der Waals surface area contributed by atoms with Crippen LogP contribution >= 0.6 is 15.9 Å². The fourth-order valence-corrected chi connectivity index (χ4v) is 2.30. The van der Waals surface area contributed by atoms with E-state index in [1.165, 1.54) is 6.07 Å². The lowest BCUT2D eigenvalue weighted by molar-refractivity contribution is -0.119. The molecule has 0 saturated carbocycles. The first-order valence-electron chi connectivity index (χ1n) is 6.01. The second-order valence-electron chi connectivity index (χ2n) is 4.37. The third-order valence-corrected chi connectivity index (χ3v) is 3.39. The van der Waals surface area contributed by atoms with Gasteiger partial charge < -0.3 is 10.1 Å². The molecule has 1 N–H and O–H groups in total. The first-order chi connectivity index (χ1) is 8.65. The maximum Gasteiger partial charge on any atom is 0.227 e. The molecular weight excluding hydrogens is 301 g/mol. The zero-order chi connectivity index (χ0) is 13.0. The summed E-state index contributed by atoms with van der Waals surface area (Å²) in [4.78, 5) is 11.7. The lowest BCUT2D eigenvalue weighted by atomic mass is 10.1. The van der Waals surface area contributed by atoms with Gasteiger partial charge in [0.2, 0.25) is 5.91 Å². The van der Waals surface area contributed by atoms with Crippen LogP contribution < -0.4 is 5.32 Å². The molecule has 1 aliphatic heterocycles. The number of nitrogens with one attached hydrogen (secondary N) is 1. The van der Waals surface area contributed by atoms with Crippen molar-refractivity contribution >= 4 is 27.5 Å². The Morgan fingerprint density at radius 2 is 2.33 bits per heavy atom. The summed E-state index contributed by atoms with van der Waals surface area (Å²) < 4.78 is 19.6. The van der Waals surface area contributed by atoms with Crippen molar-refractivity contribution in [2.45, 2.75) is 31.8 Å². The van der Waals surface area contributed by atoms with Gasteiger partial charge in [0.15, 0.2) is 0 Å².